The van der Waals surface area contributed by atoms with Gasteiger partial charge in [-0.2, -0.15) is 0 Å². The van der Waals surface area contributed by atoms with Crippen LogP contribution >= 0.6 is 35.4 Å². The zero-order valence-electron chi connectivity index (χ0n) is 21.0. The molecule has 0 unspecified atom stereocenters. The maximum Gasteiger partial charge on any atom is 0.226 e. The average molecular weight is 566 g/mol. The number of nitrogens with zero attached hydrogens (tertiary/aromatic N) is 2. The van der Waals surface area contributed by atoms with Gasteiger partial charge in [0.1, 0.15) is 17.6 Å². The van der Waals surface area contributed by atoms with E-state index in [1.165, 1.54) is 0 Å². The number of nitrogens with one attached hydrogen (secondary N) is 2. The first-order valence-corrected chi connectivity index (χ1v) is 13.4. The molecule has 0 spiro atoms. The number of rotatable bonds is 6. The molecule has 0 aliphatic carbocycles. The molecule has 0 bridgehead atoms. The lowest BCUT2D eigenvalue weighted by Gasteiger charge is -2.26. The summed E-state index contributed by atoms with van der Waals surface area (Å²) >= 11 is 18.7. The lowest BCUT2D eigenvalue weighted by molar-refractivity contribution is -0.118. The molecule has 1 aliphatic heterocycles. The summed E-state index contributed by atoms with van der Waals surface area (Å²) in [4.78, 5) is 18.8. The number of halogens is 2. The first-order valence-electron chi connectivity index (χ1n) is 12.2. The highest BCUT2D eigenvalue weighted by atomic mass is 35.5. The van der Waals surface area contributed by atoms with Crippen LogP contribution in [-0.4, -0.2) is 16.0 Å². The lowest BCUT2D eigenvalue weighted by atomic mass is 10.0. The van der Waals surface area contributed by atoms with Crippen LogP contribution in [0, 0.1) is 12.8 Å². The number of hydrogen-bond acceptors (Lipinski definition) is 4. The van der Waals surface area contributed by atoms with Gasteiger partial charge in [0.05, 0.1) is 22.4 Å². The van der Waals surface area contributed by atoms with Crippen molar-refractivity contribution >= 4 is 57.8 Å². The Bertz CT molecular complexity index is 1510. The molecule has 38 heavy (non-hydrogen) atoms. The number of pyridine rings is 1. The summed E-state index contributed by atoms with van der Waals surface area (Å²) in [5.41, 5.74) is 4.11. The SMILES string of the molecule is Cc1ccc(Cl)cc1-c1ccc([C@@H]2[C@H](c3ccccn3)NC(=S)N2c2ccc(NC(=O)C(C)C)c(Cl)c2)o1. The highest BCUT2D eigenvalue weighted by Crippen LogP contribution is 2.44. The van der Waals surface area contributed by atoms with E-state index in [1.54, 1.807) is 18.3 Å². The quantitative estimate of drug-likeness (QED) is 0.233. The van der Waals surface area contributed by atoms with Crippen LogP contribution in [0.1, 0.15) is 42.9 Å². The highest BCUT2D eigenvalue weighted by molar-refractivity contribution is 7.80. The zero-order valence-corrected chi connectivity index (χ0v) is 23.4. The molecule has 1 amide bonds. The van der Waals surface area contributed by atoms with E-state index >= 15 is 0 Å². The van der Waals surface area contributed by atoms with Crippen LogP contribution < -0.4 is 15.5 Å². The van der Waals surface area contributed by atoms with Crippen LogP contribution in [0.2, 0.25) is 10.0 Å². The fraction of sp³-hybridized carbons (Fsp3) is 0.207. The fourth-order valence-corrected chi connectivity index (χ4v) is 5.21. The van der Waals surface area contributed by atoms with Gasteiger partial charge in [0, 0.05) is 28.4 Å². The molecular formula is C29H26Cl2N4O2S. The van der Waals surface area contributed by atoms with Crippen molar-refractivity contribution in [2.45, 2.75) is 32.9 Å². The molecule has 9 heteroatoms. The van der Waals surface area contributed by atoms with E-state index in [0.29, 0.717) is 32.4 Å². The van der Waals surface area contributed by atoms with E-state index in [-0.39, 0.29) is 23.9 Å². The van der Waals surface area contributed by atoms with Crippen molar-refractivity contribution in [2.24, 2.45) is 5.92 Å². The molecule has 2 aromatic carbocycles. The van der Waals surface area contributed by atoms with Gasteiger partial charge < -0.3 is 20.0 Å². The normalized spacial score (nSPS) is 17.1. The molecule has 2 atom stereocenters. The summed E-state index contributed by atoms with van der Waals surface area (Å²) in [6.07, 6.45) is 1.76. The molecule has 0 radical (unpaired) electrons. The molecule has 1 aliphatic rings. The maximum atomic E-state index is 12.2. The fourth-order valence-electron chi connectivity index (χ4n) is 4.47. The Balaban J connectivity index is 1.56. The molecule has 1 saturated heterocycles. The van der Waals surface area contributed by atoms with Crippen molar-refractivity contribution in [3.63, 3.8) is 0 Å². The predicted octanol–water partition coefficient (Wildman–Crippen LogP) is 7.73. The number of amides is 1. The first kappa shape index (κ1) is 26.2. The Morgan fingerprint density at radius 3 is 2.63 bits per heavy atom. The minimum absolute atomic E-state index is 0.106. The van der Waals surface area contributed by atoms with Crippen molar-refractivity contribution in [3.05, 3.63) is 100.0 Å². The van der Waals surface area contributed by atoms with Crippen molar-refractivity contribution < 1.29 is 9.21 Å². The van der Waals surface area contributed by atoms with E-state index in [2.05, 4.69) is 15.6 Å². The van der Waals surface area contributed by atoms with Crippen molar-refractivity contribution in [1.82, 2.24) is 10.3 Å². The van der Waals surface area contributed by atoms with Crippen LogP contribution in [0.3, 0.4) is 0 Å². The van der Waals surface area contributed by atoms with Crippen LogP contribution in [0.4, 0.5) is 11.4 Å². The largest absolute Gasteiger partial charge is 0.459 e. The van der Waals surface area contributed by atoms with Crippen molar-refractivity contribution in [2.75, 3.05) is 10.2 Å². The molecule has 2 N–H and O–H groups in total. The minimum atomic E-state index is -0.349. The van der Waals surface area contributed by atoms with Gasteiger partial charge in [0.25, 0.3) is 0 Å². The lowest BCUT2D eigenvalue weighted by Crippen LogP contribution is -2.29. The second kappa shape index (κ2) is 10.8. The summed E-state index contributed by atoms with van der Waals surface area (Å²) in [5, 5.41) is 7.85. The van der Waals surface area contributed by atoms with Gasteiger partial charge in [-0.1, -0.05) is 49.2 Å². The van der Waals surface area contributed by atoms with Crippen LogP contribution in [0.5, 0.6) is 0 Å². The summed E-state index contributed by atoms with van der Waals surface area (Å²) in [6, 6.07) is 20.2. The topological polar surface area (TPSA) is 70.4 Å². The number of hydrogen-bond donors (Lipinski definition) is 2. The van der Waals surface area contributed by atoms with Crippen LogP contribution in [0.25, 0.3) is 11.3 Å². The van der Waals surface area contributed by atoms with Crippen molar-refractivity contribution in [1.29, 1.82) is 0 Å². The molecule has 4 aromatic rings. The highest BCUT2D eigenvalue weighted by Gasteiger charge is 2.42. The molecule has 3 heterocycles. The molecule has 2 aromatic heterocycles. The number of furan rings is 1. The Morgan fingerprint density at radius 2 is 1.92 bits per heavy atom. The number of aryl methyl sites for hydroxylation is 1. The summed E-state index contributed by atoms with van der Waals surface area (Å²) in [5.74, 6) is 1.14. The number of thiocarbonyl (C=S) groups is 1. The van der Waals surface area contributed by atoms with Gasteiger partial charge in [-0.05, 0) is 79.3 Å². The molecule has 194 valence electrons. The monoisotopic (exact) mass is 564 g/mol. The van der Waals surface area contributed by atoms with Gasteiger partial charge in [0.15, 0.2) is 5.11 Å². The summed E-state index contributed by atoms with van der Waals surface area (Å²) < 4.78 is 6.46. The van der Waals surface area contributed by atoms with E-state index in [0.717, 1.165) is 22.5 Å². The average Bonchev–Trinajstić information content (AvgIpc) is 3.51. The van der Waals surface area contributed by atoms with Crippen LogP contribution in [-0.2, 0) is 4.79 Å². The van der Waals surface area contributed by atoms with E-state index in [1.807, 2.05) is 80.3 Å². The third-order valence-electron chi connectivity index (χ3n) is 6.49. The molecular weight excluding hydrogens is 539 g/mol. The van der Waals surface area contributed by atoms with E-state index in [4.69, 9.17) is 39.8 Å². The second-order valence-electron chi connectivity index (χ2n) is 9.47. The summed E-state index contributed by atoms with van der Waals surface area (Å²) in [7, 11) is 0. The molecule has 5 rings (SSSR count). The number of carbonyl (C=O) groups is 1. The van der Waals surface area contributed by atoms with E-state index in [9.17, 15) is 4.79 Å². The number of anilines is 2. The first-order chi connectivity index (χ1) is 18.2. The van der Waals surface area contributed by atoms with Crippen molar-refractivity contribution in [3.8, 4) is 11.3 Å². The van der Waals surface area contributed by atoms with Gasteiger partial charge in [-0.15, -0.1) is 0 Å². The maximum absolute atomic E-state index is 12.2. The number of carbonyl (C=O) groups excluding carboxylic acids is 1. The predicted molar refractivity (Wildman–Crippen MR) is 157 cm³/mol. The molecule has 6 nitrogen and oxygen atoms in total. The standard InChI is InChI=1S/C29H26Cl2N4O2S/c1-16(2)28(36)33-22-10-9-19(15-21(22)31)35-27(26(34-29(35)38)23-6-4-5-13-32-23)25-12-11-24(37-25)20-14-18(30)8-7-17(20)3/h4-16,26-27H,1-3H3,(H,33,36)(H,34,38)/t26-,27+/m0/s1. The summed E-state index contributed by atoms with van der Waals surface area (Å²) in [6.45, 7) is 5.68. The number of aromatic nitrogens is 1. The van der Waals surface area contributed by atoms with Gasteiger partial charge >= 0.3 is 0 Å². The minimum Gasteiger partial charge on any atom is -0.459 e. The zero-order chi connectivity index (χ0) is 27.0. The molecule has 0 saturated carbocycles. The van der Waals surface area contributed by atoms with Crippen LogP contribution in [0.15, 0.2) is 77.3 Å². The van der Waals surface area contributed by atoms with Gasteiger partial charge in [-0.3, -0.25) is 9.78 Å². The molecule has 1 fully saturated rings. The van der Waals surface area contributed by atoms with Gasteiger partial charge in [-0.25, -0.2) is 0 Å². The smallest absolute Gasteiger partial charge is 0.226 e. The Hall–Kier alpha value is -3.39. The second-order valence-corrected chi connectivity index (χ2v) is 10.7. The number of benzene rings is 2. The van der Waals surface area contributed by atoms with Gasteiger partial charge in [0.2, 0.25) is 5.91 Å². The Labute approximate surface area is 237 Å². The third-order valence-corrected chi connectivity index (χ3v) is 7.36. The Kier molecular flexibility index (Phi) is 7.43. The third kappa shape index (κ3) is 5.14. The van der Waals surface area contributed by atoms with E-state index < -0.39 is 0 Å². The Morgan fingerprint density at radius 1 is 1.11 bits per heavy atom.